The molecule has 0 N–H and O–H groups in total. The van der Waals surface area contributed by atoms with Crippen LogP contribution >= 0.6 is 0 Å². The van der Waals surface area contributed by atoms with Crippen LogP contribution in [0.2, 0.25) is 0 Å². The second kappa shape index (κ2) is 9.04. The molecule has 1 aliphatic carbocycles. The van der Waals surface area contributed by atoms with Gasteiger partial charge in [-0.3, -0.25) is 4.79 Å². The first-order valence-electron chi connectivity index (χ1n) is 12.0. The standard InChI is InChI=1S/C25H32F4N2O3/c1-23(22(33)34-2)9-5-13-31(23)21(32)18-7-8-20(19(26)14-18)30-12-3-6-17(16-30)15-24(10-4-11-24)25(27,28)29/h7-8,14,17H,3-6,9-13,15-16H2,1-2H3/t17?,23-/m0/s1. The van der Waals surface area contributed by atoms with E-state index < -0.39 is 34.8 Å². The highest BCUT2D eigenvalue weighted by Crippen LogP contribution is 2.57. The smallest absolute Gasteiger partial charge is 0.394 e. The first kappa shape index (κ1) is 24.8. The average Bonchev–Trinajstić information content (AvgIpc) is 3.17. The fraction of sp³-hybridized carbons (Fsp3) is 0.680. The number of alkyl halides is 3. The van der Waals surface area contributed by atoms with Crippen molar-refractivity contribution in [2.24, 2.45) is 11.3 Å². The summed E-state index contributed by atoms with van der Waals surface area (Å²) in [6.45, 7) is 2.96. The third-order valence-electron chi connectivity index (χ3n) is 8.16. The highest BCUT2D eigenvalue weighted by Gasteiger charge is 2.58. The molecule has 0 radical (unpaired) electrons. The van der Waals surface area contributed by atoms with Gasteiger partial charge >= 0.3 is 12.1 Å². The van der Waals surface area contributed by atoms with Crippen LogP contribution in [0.4, 0.5) is 23.2 Å². The van der Waals surface area contributed by atoms with E-state index in [2.05, 4.69) is 0 Å². The van der Waals surface area contributed by atoms with Gasteiger partial charge < -0.3 is 14.5 Å². The quantitative estimate of drug-likeness (QED) is 0.419. The van der Waals surface area contributed by atoms with Crippen molar-refractivity contribution >= 4 is 17.6 Å². The van der Waals surface area contributed by atoms with Crippen LogP contribution in [0.1, 0.15) is 68.6 Å². The Morgan fingerprint density at radius 1 is 1.12 bits per heavy atom. The van der Waals surface area contributed by atoms with E-state index in [-0.39, 0.29) is 30.7 Å². The minimum atomic E-state index is -4.20. The van der Waals surface area contributed by atoms with E-state index in [0.29, 0.717) is 57.4 Å². The first-order chi connectivity index (χ1) is 16.0. The molecule has 1 unspecified atom stereocenters. The predicted octanol–water partition coefficient (Wildman–Crippen LogP) is 5.33. The molecule has 188 valence electrons. The fourth-order valence-electron chi connectivity index (χ4n) is 5.98. The zero-order chi connectivity index (χ0) is 24.7. The van der Waals surface area contributed by atoms with Crippen molar-refractivity contribution in [1.29, 1.82) is 0 Å². The number of nitrogens with zero attached hydrogens (tertiary/aromatic N) is 2. The number of benzene rings is 1. The number of carbonyl (C=O) groups is 2. The van der Waals surface area contributed by atoms with Gasteiger partial charge in [0.1, 0.15) is 11.4 Å². The molecule has 2 saturated heterocycles. The summed E-state index contributed by atoms with van der Waals surface area (Å²) in [7, 11) is 1.27. The number of ether oxygens (including phenoxy) is 1. The van der Waals surface area contributed by atoms with E-state index in [0.717, 1.165) is 0 Å². The second-order valence-electron chi connectivity index (χ2n) is 10.3. The van der Waals surface area contributed by atoms with Crippen molar-refractivity contribution in [3.63, 3.8) is 0 Å². The summed E-state index contributed by atoms with van der Waals surface area (Å²) in [4.78, 5) is 28.6. The molecule has 2 heterocycles. The Balaban J connectivity index is 1.48. The molecule has 0 bridgehead atoms. The minimum Gasteiger partial charge on any atom is -0.467 e. The summed E-state index contributed by atoms with van der Waals surface area (Å²) in [6.07, 6.45) is -0.629. The lowest BCUT2D eigenvalue weighted by atomic mass is 9.63. The molecule has 1 aromatic carbocycles. The Labute approximate surface area is 197 Å². The summed E-state index contributed by atoms with van der Waals surface area (Å²) in [6, 6.07) is 4.23. The maximum absolute atomic E-state index is 15.1. The van der Waals surface area contributed by atoms with Crippen LogP contribution in [0.3, 0.4) is 0 Å². The van der Waals surface area contributed by atoms with Crippen LogP contribution in [0.5, 0.6) is 0 Å². The van der Waals surface area contributed by atoms with Gasteiger partial charge in [-0.2, -0.15) is 13.2 Å². The van der Waals surface area contributed by atoms with Gasteiger partial charge in [0.2, 0.25) is 0 Å². The summed E-state index contributed by atoms with van der Waals surface area (Å²) in [5.41, 5.74) is -2.24. The zero-order valence-corrected chi connectivity index (χ0v) is 19.7. The van der Waals surface area contributed by atoms with E-state index in [1.165, 1.54) is 30.2 Å². The van der Waals surface area contributed by atoms with Crippen molar-refractivity contribution < 1.29 is 31.9 Å². The number of rotatable bonds is 5. The van der Waals surface area contributed by atoms with Crippen LogP contribution in [0.25, 0.3) is 0 Å². The predicted molar refractivity (Wildman–Crippen MR) is 119 cm³/mol. The lowest BCUT2D eigenvalue weighted by Gasteiger charge is -2.47. The lowest BCUT2D eigenvalue weighted by Crippen LogP contribution is -2.51. The number of anilines is 1. The number of carbonyl (C=O) groups excluding carboxylic acids is 2. The van der Waals surface area contributed by atoms with E-state index in [1.807, 2.05) is 0 Å². The normalized spacial score (nSPS) is 26.8. The Hall–Kier alpha value is -2.32. The van der Waals surface area contributed by atoms with Crippen LogP contribution in [0.15, 0.2) is 18.2 Å². The highest BCUT2D eigenvalue weighted by atomic mass is 19.4. The number of methoxy groups -OCH3 is 1. The van der Waals surface area contributed by atoms with E-state index in [9.17, 15) is 22.8 Å². The molecule has 1 saturated carbocycles. The van der Waals surface area contributed by atoms with E-state index in [4.69, 9.17) is 4.74 Å². The van der Waals surface area contributed by atoms with Crippen LogP contribution < -0.4 is 4.90 Å². The molecule has 1 amide bonds. The number of piperidine rings is 1. The van der Waals surface area contributed by atoms with Crippen molar-refractivity contribution in [1.82, 2.24) is 4.90 Å². The fourth-order valence-corrected chi connectivity index (χ4v) is 5.98. The van der Waals surface area contributed by atoms with Crippen molar-refractivity contribution in [2.45, 2.75) is 70.0 Å². The Kier molecular flexibility index (Phi) is 6.59. The van der Waals surface area contributed by atoms with E-state index in [1.54, 1.807) is 11.8 Å². The summed E-state index contributed by atoms with van der Waals surface area (Å²) >= 11 is 0. The van der Waals surface area contributed by atoms with Gasteiger partial charge in [-0.05, 0) is 76.0 Å². The third-order valence-corrected chi connectivity index (χ3v) is 8.16. The molecule has 3 aliphatic rings. The van der Waals surface area contributed by atoms with Gasteiger partial charge in [0, 0.05) is 25.2 Å². The molecule has 9 heteroatoms. The molecule has 1 aromatic rings. The maximum atomic E-state index is 15.1. The average molecular weight is 485 g/mol. The Morgan fingerprint density at radius 3 is 2.44 bits per heavy atom. The summed E-state index contributed by atoms with van der Waals surface area (Å²) in [5, 5.41) is 0. The Bertz CT molecular complexity index is 947. The number of amides is 1. The molecule has 2 atom stereocenters. The first-order valence-corrected chi connectivity index (χ1v) is 12.0. The zero-order valence-electron chi connectivity index (χ0n) is 19.7. The second-order valence-corrected chi connectivity index (χ2v) is 10.3. The molecular weight excluding hydrogens is 452 g/mol. The van der Waals surface area contributed by atoms with Gasteiger partial charge in [-0.1, -0.05) is 6.42 Å². The summed E-state index contributed by atoms with van der Waals surface area (Å²) in [5.74, 6) is -1.68. The van der Waals surface area contributed by atoms with Gasteiger partial charge in [-0.15, -0.1) is 0 Å². The van der Waals surface area contributed by atoms with Gasteiger partial charge in [0.25, 0.3) is 5.91 Å². The molecule has 2 aliphatic heterocycles. The molecule has 0 spiro atoms. The maximum Gasteiger partial charge on any atom is 0.394 e. The van der Waals surface area contributed by atoms with Crippen molar-refractivity contribution in [3.05, 3.63) is 29.6 Å². The van der Waals surface area contributed by atoms with Crippen LogP contribution in [-0.2, 0) is 9.53 Å². The van der Waals surface area contributed by atoms with E-state index >= 15 is 4.39 Å². The molecule has 3 fully saturated rings. The Morgan fingerprint density at radius 2 is 1.85 bits per heavy atom. The molecule has 0 aromatic heterocycles. The lowest BCUT2D eigenvalue weighted by molar-refractivity contribution is -0.257. The topological polar surface area (TPSA) is 49.9 Å². The van der Waals surface area contributed by atoms with Gasteiger partial charge in [0.05, 0.1) is 18.2 Å². The number of hydrogen-bond donors (Lipinski definition) is 0. The SMILES string of the molecule is COC(=O)[C@]1(C)CCCN1C(=O)c1ccc(N2CCCC(CC3(C(F)(F)F)CCC3)C2)c(F)c1. The molecule has 34 heavy (non-hydrogen) atoms. The molecule has 5 nitrogen and oxygen atoms in total. The largest absolute Gasteiger partial charge is 0.467 e. The third kappa shape index (κ3) is 4.26. The van der Waals surface area contributed by atoms with Crippen molar-refractivity contribution in [3.8, 4) is 0 Å². The number of hydrogen-bond acceptors (Lipinski definition) is 4. The van der Waals surface area contributed by atoms with Crippen LogP contribution in [-0.4, -0.2) is 55.2 Å². The monoisotopic (exact) mass is 484 g/mol. The molecule has 4 rings (SSSR count). The number of likely N-dealkylation sites (tertiary alicyclic amines) is 1. The summed E-state index contributed by atoms with van der Waals surface area (Å²) < 4.78 is 60.9. The van der Waals surface area contributed by atoms with Crippen molar-refractivity contribution in [2.75, 3.05) is 31.6 Å². The van der Waals surface area contributed by atoms with Gasteiger partial charge in [-0.25, -0.2) is 9.18 Å². The minimum absolute atomic E-state index is 0.0895. The molecular formula is C25H32F4N2O3. The van der Waals surface area contributed by atoms with Crippen LogP contribution in [0, 0.1) is 17.2 Å². The highest BCUT2D eigenvalue weighted by molar-refractivity contribution is 5.98. The van der Waals surface area contributed by atoms with Gasteiger partial charge in [0.15, 0.2) is 0 Å². The number of esters is 1. The number of halogens is 4.